The molecule has 1 aromatic heterocycles. The molecule has 0 radical (unpaired) electrons. The molecular weight excluding hydrogens is 248 g/mol. The summed E-state index contributed by atoms with van der Waals surface area (Å²) in [6, 6.07) is 5.94. The van der Waals surface area contributed by atoms with Gasteiger partial charge in [-0.3, -0.25) is 0 Å². The van der Waals surface area contributed by atoms with E-state index in [4.69, 9.17) is 0 Å². The lowest BCUT2D eigenvalue weighted by Gasteiger charge is -2.03. The highest BCUT2D eigenvalue weighted by Crippen LogP contribution is 2.28. The molecule has 0 aliphatic heterocycles. The molecule has 1 N–H and O–H groups in total. The summed E-state index contributed by atoms with van der Waals surface area (Å²) in [6.45, 7) is 10.5. The van der Waals surface area contributed by atoms with E-state index in [1.54, 1.807) is 21.6 Å². The Hall–Kier alpha value is -0.830. The number of pyridine rings is 1. The first-order valence-electron chi connectivity index (χ1n) is 5.64. The normalized spacial score (nSPS) is 8.65. The van der Waals surface area contributed by atoms with Gasteiger partial charge in [-0.25, -0.2) is 4.98 Å². The van der Waals surface area contributed by atoms with Gasteiger partial charge < -0.3 is 5.32 Å². The predicted molar refractivity (Wildman–Crippen MR) is 80.2 cm³/mol. The Bertz CT molecular complexity index is 333. The number of hydrogen-bond donors (Lipinski definition) is 1. The van der Waals surface area contributed by atoms with Gasteiger partial charge in [-0.2, -0.15) is 0 Å². The fraction of sp³-hybridized carbons (Fsp3) is 0.385. The summed E-state index contributed by atoms with van der Waals surface area (Å²) in [6.07, 6.45) is 1.81. The van der Waals surface area contributed by atoms with E-state index in [1.165, 1.54) is 0 Å². The zero-order valence-electron chi connectivity index (χ0n) is 10.7. The molecule has 0 aromatic carbocycles. The largest absolute Gasteiger partial charge is 0.381 e. The van der Waals surface area contributed by atoms with Crippen LogP contribution in [0.1, 0.15) is 20.8 Å². The molecule has 0 aliphatic carbocycles. The molecule has 0 saturated carbocycles. The lowest BCUT2D eigenvalue weighted by molar-refractivity contribution is 0.866. The zero-order valence-corrected chi connectivity index (χ0v) is 12.3. The van der Waals surface area contributed by atoms with Crippen molar-refractivity contribution in [3.63, 3.8) is 0 Å². The maximum atomic E-state index is 4.22. The standard InChI is InChI=1S/C11H14N2S2.C2H6/c1-3-10(2)12-8-9-14-15-11-6-4-5-7-13-11;1-2/h4-7,12H,1,8-9H2,2H3;1-2H3. The molecule has 1 aromatic rings. The molecule has 1 rings (SSSR count). The Kier molecular flexibility index (Phi) is 11.1. The topological polar surface area (TPSA) is 24.9 Å². The van der Waals surface area contributed by atoms with Crippen molar-refractivity contribution >= 4 is 21.6 Å². The van der Waals surface area contributed by atoms with E-state index in [0.29, 0.717) is 0 Å². The van der Waals surface area contributed by atoms with Crippen LogP contribution in [0.25, 0.3) is 0 Å². The minimum absolute atomic E-state index is 0.929. The Morgan fingerprint density at radius 2 is 2.24 bits per heavy atom. The first kappa shape index (κ1) is 16.2. The van der Waals surface area contributed by atoms with Crippen LogP contribution in [0.3, 0.4) is 0 Å². The van der Waals surface area contributed by atoms with E-state index in [9.17, 15) is 0 Å². The minimum Gasteiger partial charge on any atom is -0.381 e. The third-order valence-corrected chi connectivity index (χ3v) is 3.89. The SMILES string of the molecule is C=C=C(C)NCCSSc1ccccn1.CC. The molecule has 0 unspecified atom stereocenters. The van der Waals surface area contributed by atoms with E-state index in [-0.39, 0.29) is 0 Å². The number of hydrogen-bond acceptors (Lipinski definition) is 4. The summed E-state index contributed by atoms with van der Waals surface area (Å²) in [4.78, 5) is 4.22. The van der Waals surface area contributed by atoms with Crippen molar-refractivity contribution in [3.05, 3.63) is 42.4 Å². The van der Waals surface area contributed by atoms with Gasteiger partial charge >= 0.3 is 0 Å². The second-order valence-corrected chi connectivity index (χ2v) is 5.24. The number of nitrogens with zero attached hydrogens (tertiary/aromatic N) is 1. The maximum Gasteiger partial charge on any atom is 0.106 e. The highest BCUT2D eigenvalue weighted by Gasteiger charge is 1.94. The number of aromatic nitrogens is 1. The summed E-state index contributed by atoms with van der Waals surface area (Å²) in [5.41, 5.74) is 3.80. The lowest BCUT2D eigenvalue weighted by atomic mass is 10.5. The van der Waals surface area contributed by atoms with Crippen molar-refractivity contribution in [1.82, 2.24) is 10.3 Å². The van der Waals surface area contributed by atoms with Gasteiger partial charge in [-0.15, -0.1) is 5.73 Å². The minimum atomic E-state index is 0.929. The van der Waals surface area contributed by atoms with Gasteiger partial charge in [0.05, 0.1) is 5.70 Å². The van der Waals surface area contributed by atoms with Crippen LogP contribution in [-0.2, 0) is 0 Å². The van der Waals surface area contributed by atoms with Crippen LogP contribution < -0.4 is 5.32 Å². The fourth-order valence-corrected chi connectivity index (χ4v) is 2.63. The lowest BCUT2D eigenvalue weighted by Crippen LogP contribution is -2.13. The van der Waals surface area contributed by atoms with Crippen molar-refractivity contribution in [2.45, 2.75) is 25.8 Å². The average molecular weight is 268 g/mol. The van der Waals surface area contributed by atoms with Crippen molar-refractivity contribution in [2.75, 3.05) is 12.3 Å². The first-order valence-corrected chi connectivity index (χ1v) is 7.96. The van der Waals surface area contributed by atoms with Gasteiger partial charge in [0.15, 0.2) is 0 Å². The van der Waals surface area contributed by atoms with Crippen LogP contribution in [0.2, 0.25) is 0 Å². The summed E-state index contributed by atoms with van der Waals surface area (Å²) in [7, 11) is 3.49. The van der Waals surface area contributed by atoms with Crippen LogP contribution in [0, 0.1) is 0 Å². The summed E-state index contributed by atoms with van der Waals surface area (Å²) < 4.78 is 0. The second kappa shape index (κ2) is 11.6. The van der Waals surface area contributed by atoms with Gasteiger partial charge in [0.2, 0.25) is 0 Å². The van der Waals surface area contributed by atoms with Crippen LogP contribution in [0.4, 0.5) is 0 Å². The average Bonchev–Trinajstić information content (AvgIpc) is 2.41. The summed E-state index contributed by atoms with van der Waals surface area (Å²) in [5, 5.41) is 4.26. The first-order chi connectivity index (χ1) is 8.33. The molecule has 0 bridgehead atoms. The molecule has 1 heterocycles. The molecule has 17 heavy (non-hydrogen) atoms. The van der Waals surface area contributed by atoms with Crippen molar-refractivity contribution in [2.24, 2.45) is 0 Å². The third kappa shape index (κ3) is 8.93. The summed E-state index contributed by atoms with van der Waals surface area (Å²) in [5.74, 6) is 1.03. The van der Waals surface area contributed by atoms with Crippen molar-refractivity contribution < 1.29 is 0 Å². The second-order valence-electron chi connectivity index (χ2n) is 2.80. The molecule has 0 aliphatic rings. The molecular formula is C13H20N2S2. The fourth-order valence-electron chi connectivity index (χ4n) is 0.841. The van der Waals surface area contributed by atoms with E-state index in [2.05, 4.69) is 22.6 Å². The van der Waals surface area contributed by atoms with Crippen LogP contribution in [0.15, 0.2) is 47.4 Å². The van der Waals surface area contributed by atoms with Crippen LogP contribution in [-0.4, -0.2) is 17.3 Å². The Morgan fingerprint density at radius 1 is 1.47 bits per heavy atom. The third-order valence-electron chi connectivity index (χ3n) is 1.62. The Morgan fingerprint density at radius 3 is 2.82 bits per heavy atom. The van der Waals surface area contributed by atoms with Gasteiger partial charge in [0, 0.05) is 18.5 Å². The Labute approximate surface area is 112 Å². The monoisotopic (exact) mass is 268 g/mol. The molecule has 0 saturated heterocycles. The van der Waals surface area contributed by atoms with Crippen molar-refractivity contribution in [1.29, 1.82) is 0 Å². The molecule has 0 amide bonds. The molecule has 0 atom stereocenters. The van der Waals surface area contributed by atoms with E-state index >= 15 is 0 Å². The van der Waals surface area contributed by atoms with E-state index < -0.39 is 0 Å². The van der Waals surface area contributed by atoms with Crippen LogP contribution >= 0.6 is 21.6 Å². The number of rotatable bonds is 6. The molecule has 94 valence electrons. The molecule has 0 fully saturated rings. The van der Waals surface area contributed by atoms with Crippen molar-refractivity contribution in [3.8, 4) is 0 Å². The maximum absolute atomic E-state index is 4.22. The van der Waals surface area contributed by atoms with Gasteiger partial charge in [0.25, 0.3) is 0 Å². The van der Waals surface area contributed by atoms with Gasteiger partial charge in [-0.05, 0) is 29.9 Å². The summed E-state index contributed by atoms with van der Waals surface area (Å²) >= 11 is 0. The Balaban J connectivity index is 0.00000121. The zero-order chi connectivity index (χ0) is 12.9. The number of nitrogens with one attached hydrogen (secondary N) is 1. The highest BCUT2D eigenvalue weighted by atomic mass is 33.1. The van der Waals surface area contributed by atoms with Gasteiger partial charge in [-0.1, -0.05) is 37.3 Å². The molecule has 0 spiro atoms. The molecule has 2 nitrogen and oxygen atoms in total. The quantitative estimate of drug-likeness (QED) is 0.476. The highest BCUT2D eigenvalue weighted by molar-refractivity contribution is 8.76. The van der Waals surface area contributed by atoms with E-state index in [1.807, 2.05) is 45.2 Å². The predicted octanol–water partition coefficient (Wildman–Crippen LogP) is 4.13. The smallest absolute Gasteiger partial charge is 0.106 e. The number of allylic oxidation sites excluding steroid dienone is 1. The van der Waals surface area contributed by atoms with Gasteiger partial charge in [0.1, 0.15) is 5.03 Å². The van der Waals surface area contributed by atoms with Crippen LogP contribution in [0.5, 0.6) is 0 Å². The van der Waals surface area contributed by atoms with E-state index in [0.717, 1.165) is 23.0 Å². The molecule has 4 heteroatoms.